The molecule has 0 radical (unpaired) electrons. The van der Waals surface area contributed by atoms with Crippen LogP contribution in [0.1, 0.15) is 26.3 Å². The second-order valence-corrected chi connectivity index (χ2v) is 5.60. The second kappa shape index (κ2) is 8.29. The van der Waals surface area contributed by atoms with Crippen LogP contribution in [0.3, 0.4) is 0 Å². The van der Waals surface area contributed by atoms with Crippen LogP contribution in [0, 0.1) is 0 Å². The predicted molar refractivity (Wildman–Crippen MR) is 98.3 cm³/mol. The van der Waals surface area contributed by atoms with Crippen molar-refractivity contribution in [2.24, 2.45) is 0 Å². The summed E-state index contributed by atoms with van der Waals surface area (Å²) < 4.78 is 0. The number of amides is 2. The van der Waals surface area contributed by atoms with Crippen LogP contribution in [-0.2, 0) is 16.0 Å². The van der Waals surface area contributed by atoms with E-state index in [2.05, 4.69) is 6.92 Å². The first-order valence-corrected chi connectivity index (χ1v) is 8.29. The van der Waals surface area contributed by atoms with E-state index >= 15 is 0 Å². The first kappa shape index (κ1) is 17.7. The highest BCUT2D eigenvalue weighted by molar-refractivity contribution is 6.02. The number of anilines is 2. The van der Waals surface area contributed by atoms with Crippen molar-refractivity contribution in [3.05, 3.63) is 60.2 Å². The molecule has 2 aromatic carbocycles. The van der Waals surface area contributed by atoms with Crippen LogP contribution >= 0.6 is 0 Å². The summed E-state index contributed by atoms with van der Waals surface area (Å²) in [6, 6.07) is 17.3. The third-order valence-electron chi connectivity index (χ3n) is 4.01. The number of para-hydroxylation sites is 1. The summed E-state index contributed by atoms with van der Waals surface area (Å²) in [7, 11) is 0. The van der Waals surface area contributed by atoms with E-state index in [4.69, 9.17) is 0 Å². The molecule has 0 saturated carbocycles. The molecular weight excluding hydrogens is 300 g/mol. The van der Waals surface area contributed by atoms with E-state index in [0.29, 0.717) is 6.54 Å². The fourth-order valence-corrected chi connectivity index (χ4v) is 2.63. The molecule has 2 rings (SSSR count). The second-order valence-electron chi connectivity index (χ2n) is 5.60. The van der Waals surface area contributed by atoms with Crippen LogP contribution in [-0.4, -0.2) is 24.9 Å². The maximum absolute atomic E-state index is 12.7. The number of carbonyl (C=O) groups excluding carboxylic acids is 2. The van der Waals surface area contributed by atoms with Crippen molar-refractivity contribution in [3.63, 3.8) is 0 Å². The largest absolute Gasteiger partial charge is 0.311 e. The van der Waals surface area contributed by atoms with Gasteiger partial charge in [-0.05, 0) is 43.2 Å². The number of aryl methyl sites for hydroxylation is 1. The zero-order valence-electron chi connectivity index (χ0n) is 14.5. The van der Waals surface area contributed by atoms with Gasteiger partial charge in [-0.3, -0.25) is 9.59 Å². The highest BCUT2D eigenvalue weighted by atomic mass is 16.2. The Balaban J connectivity index is 2.19. The van der Waals surface area contributed by atoms with Gasteiger partial charge in [-0.1, -0.05) is 37.3 Å². The van der Waals surface area contributed by atoms with Crippen LogP contribution in [0.4, 0.5) is 11.4 Å². The highest BCUT2D eigenvalue weighted by Crippen LogP contribution is 2.18. The van der Waals surface area contributed by atoms with Crippen molar-refractivity contribution in [1.82, 2.24) is 0 Å². The summed E-state index contributed by atoms with van der Waals surface area (Å²) in [5.41, 5.74) is 2.79. The lowest BCUT2D eigenvalue weighted by molar-refractivity contribution is -0.121. The molecule has 2 aromatic rings. The zero-order valence-corrected chi connectivity index (χ0v) is 14.5. The van der Waals surface area contributed by atoms with Crippen LogP contribution in [0.15, 0.2) is 54.6 Å². The lowest BCUT2D eigenvalue weighted by atomic mass is 10.1. The molecule has 0 unspecified atom stereocenters. The summed E-state index contributed by atoms with van der Waals surface area (Å²) in [5.74, 6) is -0.241. The van der Waals surface area contributed by atoms with E-state index in [9.17, 15) is 9.59 Å². The van der Waals surface area contributed by atoms with Crippen LogP contribution in [0.25, 0.3) is 0 Å². The van der Waals surface area contributed by atoms with Crippen LogP contribution < -0.4 is 9.80 Å². The van der Waals surface area contributed by atoms with Gasteiger partial charge in [0, 0.05) is 24.8 Å². The summed E-state index contributed by atoms with van der Waals surface area (Å²) in [6.45, 7) is 6.09. The van der Waals surface area contributed by atoms with E-state index < -0.39 is 0 Å². The maximum atomic E-state index is 12.7. The standard InChI is InChI=1S/C20H24N2O2/c1-4-17-11-13-19(14-12-17)22(16(3)23)15-20(24)21(5-2)18-9-7-6-8-10-18/h6-14H,4-5,15H2,1-3H3. The van der Waals surface area contributed by atoms with Crippen molar-refractivity contribution in [2.75, 3.05) is 22.9 Å². The van der Waals surface area contributed by atoms with Gasteiger partial charge in [0.15, 0.2) is 0 Å². The van der Waals surface area contributed by atoms with Gasteiger partial charge < -0.3 is 9.80 Å². The maximum Gasteiger partial charge on any atom is 0.247 e. The molecule has 0 saturated heterocycles. The zero-order chi connectivity index (χ0) is 17.5. The Labute approximate surface area is 143 Å². The average molecular weight is 324 g/mol. The SMILES string of the molecule is CCc1ccc(N(CC(=O)N(CC)c2ccccc2)C(C)=O)cc1. The molecule has 0 atom stereocenters. The number of hydrogen-bond acceptors (Lipinski definition) is 2. The number of likely N-dealkylation sites (N-methyl/N-ethyl adjacent to an activating group) is 1. The van der Waals surface area contributed by atoms with Gasteiger partial charge in [-0.15, -0.1) is 0 Å². The molecule has 0 aromatic heterocycles. The molecule has 0 bridgehead atoms. The molecule has 0 fully saturated rings. The molecule has 4 heteroatoms. The van der Waals surface area contributed by atoms with Gasteiger partial charge in [0.05, 0.1) is 0 Å². The van der Waals surface area contributed by atoms with Crippen molar-refractivity contribution >= 4 is 23.2 Å². The minimum absolute atomic E-state index is 0.0313. The minimum atomic E-state index is -0.142. The Morgan fingerprint density at radius 3 is 1.92 bits per heavy atom. The Morgan fingerprint density at radius 1 is 0.833 bits per heavy atom. The quantitative estimate of drug-likeness (QED) is 0.814. The van der Waals surface area contributed by atoms with E-state index in [1.54, 1.807) is 4.90 Å². The average Bonchev–Trinajstić information content (AvgIpc) is 2.61. The van der Waals surface area contributed by atoms with Crippen LogP contribution in [0.2, 0.25) is 0 Å². The van der Waals surface area contributed by atoms with E-state index in [0.717, 1.165) is 17.8 Å². The molecule has 4 nitrogen and oxygen atoms in total. The van der Waals surface area contributed by atoms with Crippen molar-refractivity contribution in [2.45, 2.75) is 27.2 Å². The fraction of sp³-hybridized carbons (Fsp3) is 0.300. The molecule has 126 valence electrons. The Morgan fingerprint density at radius 2 is 1.42 bits per heavy atom. The predicted octanol–water partition coefficient (Wildman–Crippen LogP) is 3.66. The third kappa shape index (κ3) is 4.22. The number of hydrogen-bond donors (Lipinski definition) is 0. The lowest BCUT2D eigenvalue weighted by Crippen LogP contribution is -2.42. The number of carbonyl (C=O) groups is 2. The van der Waals surface area contributed by atoms with Gasteiger partial charge in [0.1, 0.15) is 6.54 Å². The van der Waals surface area contributed by atoms with E-state index in [1.165, 1.54) is 17.4 Å². The molecule has 0 aliphatic carbocycles. The highest BCUT2D eigenvalue weighted by Gasteiger charge is 2.20. The van der Waals surface area contributed by atoms with Gasteiger partial charge in [-0.2, -0.15) is 0 Å². The Kier molecular flexibility index (Phi) is 6.13. The van der Waals surface area contributed by atoms with Crippen molar-refractivity contribution < 1.29 is 9.59 Å². The molecule has 2 amide bonds. The molecule has 24 heavy (non-hydrogen) atoms. The first-order valence-electron chi connectivity index (χ1n) is 8.29. The summed E-state index contributed by atoms with van der Waals surface area (Å²) in [4.78, 5) is 28.0. The Bertz CT molecular complexity index is 681. The number of benzene rings is 2. The Hall–Kier alpha value is -2.62. The third-order valence-corrected chi connectivity index (χ3v) is 4.01. The fourth-order valence-electron chi connectivity index (χ4n) is 2.63. The monoisotopic (exact) mass is 324 g/mol. The van der Waals surface area contributed by atoms with Crippen molar-refractivity contribution in [1.29, 1.82) is 0 Å². The molecule has 0 N–H and O–H groups in total. The molecule has 0 aliphatic rings. The number of rotatable bonds is 6. The molecular formula is C20H24N2O2. The topological polar surface area (TPSA) is 40.6 Å². The minimum Gasteiger partial charge on any atom is -0.311 e. The smallest absolute Gasteiger partial charge is 0.247 e. The van der Waals surface area contributed by atoms with Gasteiger partial charge in [0.25, 0.3) is 0 Å². The van der Waals surface area contributed by atoms with E-state index in [-0.39, 0.29) is 18.4 Å². The molecule has 0 aliphatic heterocycles. The van der Waals surface area contributed by atoms with Gasteiger partial charge >= 0.3 is 0 Å². The van der Waals surface area contributed by atoms with Gasteiger partial charge in [-0.25, -0.2) is 0 Å². The van der Waals surface area contributed by atoms with Crippen molar-refractivity contribution in [3.8, 4) is 0 Å². The van der Waals surface area contributed by atoms with E-state index in [1.807, 2.05) is 61.5 Å². The van der Waals surface area contributed by atoms with Crippen LogP contribution in [0.5, 0.6) is 0 Å². The van der Waals surface area contributed by atoms with Gasteiger partial charge in [0.2, 0.25) is 11.8 Å². The normalized spacial score (nSPS) is 10.3. The lowest BCUT2D eigenvalue weighted by Gasteiger charge is -2.26. The summed E-state index contributed by atoms with van der Waals surface area (Å²) in [5, 5.41) is 0. The summed E-state index contributed by atoms with van der Waals surface area (Å²) >= 11 is 0. The molecule has 0 spiro atoms. The first-order chi connectivity index (χ1) is 11.6. The molecule has 0 heterocycles. The summed E-state index contributed by atoms with van der Waals surface area (Å²) in [6.07, 6.45) is 0.941. The number of nitrogens with zero attached hydrogens (tertiary/aromatic N) is 2.